The molecule has 1 aliphatic rings. The van der Waals surface area contributed by atoms with Crippen molar-refractivity contribution in [3.05, 3.63) is 48.6 Å². The molecule has 2 rings (SSSR count). The van der Waals surface area contributed by atoms with Gasteiger partial charge in [-0.3, -0.25) is 0 Å². The van der Waals surface area contributed by atoms with Crippen LogP contribution in [-0.4, -0.2) is 5.11 Å². The minimum absolute atomic E-state index is 0.302. The molecule has 0 radical (unpaired) electrons. The van der Waals surface area contributed by atoms with E-state index in [1.807, 2.05) is 36.4 Å². The first-order valence-electron chi connectivity index (χ1n) is 4.68. The molecule has 1 nitrogen and oxygen atoms in total. The second-order valence-corrected chi connectivity index (χ2v) is 3.65. The quantitative estimate of drug-likeness (QED) is 0.698. The normalized spacial score (nSPS) is 28.1. The second kappa shape index (κ2) is 3.35. The lowest BCUT2D eigenvalue weighted by Gasteiger charge is -2.09. The summed E-state index contributed by atoms with van der Waals surface area (Å²) in [5.41, 5.74) is 1.02. The molecule has 0 aliphatic heterocycles. The summed E-state index contributed by atoms with van der Waals surface area (Å²) in [5.74, 6) is 0.926. The van der Waals surface area contributed by atoms with Crippen LogP contribution in [0.2, 0.25) is 0 Å². The fourth-order valence-corrected chi connectivity index (χ4v) is 1.77. The van der Waals surface area contributed by atoms with Gasteiger partial charge in [-0.25, -0.2) is 0 Å². The molecule has 0 spiro atoms. The van der Waals surface area contributed by atoms with Gasteiger partial charge in [0.25, 0.3) is 0 Å². The van der Waals surface area contributed by atoms with Gasteiger partial charge in [0.05, 0.1) is 6.10 Å². The van der Waals surface area contributed by atoms with E-state index >= 15 is 0 Å². The molecule has 1 saturated carbocycles. The number of benzene rings is 1. The third-order valence-electron chi connectivity index (χ3n) is 2.74. The van der Waals surface area contributed by atoms with E-state index in [4.69, 9.17) is 0 Å². The summed E-state index contributed by atoms with van der Waals surface area (Å²) in [6, 6.07) is 9.84. The van der Waals surface area contributed by atoms with E-state index in [0.717, 1.165) is 12.0 Å². The van der Waals surface area contributed by atoms with Gasteiger partial charge in [0.1, 0.15) is 0 Å². The Kier molecular flexibility index (Phi) is 2.19. The molecule has 1 aliphatic carbocycles. The summed E-state index contributed by atoms with van der Waals surface area (Å²) >= 11 is 0. The number of aliphatic hydroxyl groups excluding tert-OH is 1. The summed E-state index contributed by atoms with van der Waals surface area (Å²) in [6.07, 6.45) is 2.72. The molecule has 1 N–H and O–H groups in total. The van der Waals surface area contributed by atoms with Crippen LogP contribution >= 0.6 is 0 Å². The molecule has 0 amide bonds. The smallest absolute Gasteiger partial charge is 0.0824 e. The summed E-state index contributed by atoms with van der Waals surface area (Å²) in [6.45, 7) is 3.74. The van der Waals surface area contributed by atoms with Gasteiger partial charge in [-0.2, -0.15) is 0 Å². The third kappa shape index (κ3) is 1.65. The van der Waals surface area contributed by atoms with Crippen LogP contribution in [0.5, 0.6) is 0 Å². The predicted octanol–water partition coefficient (Wildman–Crippen LogP) is 2.54. The van der Waals surface area contributed by atoms with Crippen LogP contribution in [0, 0.1) is 11.8 Å². The molecular weight excluding hydrogens is 160 g/mol. The molecule has 0 saturated heterocycles. The highest BCUT2D eigenvalue weighted by Crippen LogP contribution is 2.47. The molecule has 0 heterocycles. The monoisotopic (exact) mass is 174 g/mol. The van der Waals surface area contributed by atoms with Gasteiger partial charge in [0, 0.05) is 0 Å². The van der Waals surface area contributed by atoms with E-state index in [1.54, 1.807) is 0 Å². The highest BCUT2D eigenvalue weighted by Gasteiger charge is 2.40. The van der Waals surface area contributed by atoms with E-state index < -0.39 is 0 Å². The van der Waals surface area contributed by atoms with Crippen molar-refractivity contribution in [1.82, 2.24) is 0 Å². The van der Waals surface area contributed by atoms with Crippen molar-refractivity contribution in [2.45, 2.75) is 12.5 Å². The zero-order valence-corrected chi connectivity index (χ0v) is 7.56. The number of hydrogen-bond donors (Lipinski definition) is 1. The van der Waals surface area contributed by atoms with Gasteiger partial charge in [-0.15, -0.1) is 6.58 Å². The van der Waals surface area contributed by atoms with Crippen LogP contribution in [-0.2, 0) is 0 Å². The van der Waals surface area contributed by atoms with Gasteiger partial charge in [0.2, 0.25) is 0 Å². The van der Waals surface area contributed by atoms with Crippen molar-refractivity contribution in [2.75, 3.05) is 0 Å². The lowest BCUT2D eigenvalue weighted by atomic mass is 10.0. The van der Waals surface area contributed by atoms with Crippen LogP contribution in [0.25, 0.3) is 0 Å². The van der Waals surface area contributed by atoms with Crippen molar-refractivity contribution < 1.29 is 5.11 Å². The summed E-state index contributed by atoms with van der Waals surface area (Å²) in [5, 5.41) is 9.91. The summed E-state index contributed by atoms with van der Waals surface area (Å²) in [4.78, 5) is 0. The number of aliphatic hydroxyl groups is 1. The Hall–Kier alpha value is -1.08. The largest absolute Gasteiger partial charge is 0.388 e. The van der Waals surface area contributed by atoms with E-state index in [9.17, 15) is 5.11 Å². The van der Waals surface area contributed by atoms with Gasteiger partial charge in [-0.1, -0.05) is 36.4 Å². The van der Waals surface area contributed by atoms with Crippen LogP contribution in [0.1, 0.15) is 18.1 Å². The van der Waals surface area contributed by atoms with Crippen LogP contribution in [0.4, 0.5) is 0 Å². The van der Waals surface area contributed by atoms with Gasteiger partial charge in [-0.05, 0) is 23.8 Å². The molecule has 1 aromatic rings. The molecule has 1 fully saturated rings. The zero-order valence-electron chi connectivity index (χ0n) is 7.56. The fraction of sp³-hybridized carbons (Fsp3) is 0.333. The maximum Gasteiger partial charge on any atom is 0.0824 e. The number of hydrogen-bond acceptors (Lipinski definition) is 1. The average molecular weight is 174 g/mol. The van der Waals surface area contributed by atoms with Crippen LogP contribution in [0.15, 0.2) is 43.0 Å². The molecule has 1 aromatic carbocycles. The first kappa shape index (κ1) is 8.52. The Morgan fingerprint density at radius 2 is 2.08 bits per heavy atom. The first-order valence-corrected chi connectivity index (χ1v) is 4.68. The predicted molar refractivity (Wildman–Crippen MR) is 53.2 cm³/mol. The molecule has 0 aromatic heterocycles. The molecule has 3 atom stereocenters. The minimum atomic E-state index is -0.302. The standard InChI is InChI=1S/C12H14O/c1-2-9-8-11(9)12(13)10-6-4-3-5-7-10/h2-7,9,11-13H,1,8H2. The van der Waals surface area contributed by atoms with Gasteiger partial charge >= 0.3 is 0 Å². The third-order valence-corrected chi connectivity index (χ3v) is 2.74. The minimum Gasteiger partial charge on any atom is -0.388 e. The maximum atomic E-state index is 9.91. The van der Waals surface area contributed by atoms with E-state index in [-0.39, 0.29) is 6.10 Å². The Labute approximate surface area is 78.7 Å². The zero-order chi connectivity index (χ0) is 9.26. The highest BCUT2D eigenvalue weighted by atomic mass is 16.3. The van der Waals surface area contributed by atoms with Gasteiger partial charge < -0.3 is 5.11 Å². The van der Waals surface area contributed by atoms with Crippen molar-refractivity contribution >= 4 is 0 Å². The molecule has 0 bridgehead atoms. The van der Waals surface area contributed by atoms with E-state index in [1.165, 1.54) is 0 Å². The SMILES string of the molecule is C=CC1CC1C(O)c1ccccc1. The lowest BCUT2D eigenvalue weighted by molar-refractivity contribution is 0.150. The Morgan fingerprint density at radius 1 is 1.38 bits per heavy atom. The molecule has 1 heteroatoms. The van der Waals surface area contributed by atoms with Crippen molar-refractivity contribution in [3.8, 4) is 0 Å². The maximum absolute atomic E-state index is 9.91. The highest BCUT2D eigenvalue weighted by molar-refractivity contribution is 5.20. The lowest BCUT2D eigenvalue weighted by Crippen LogP contribution is -2.00. The molecule has 68 valence electrons. The van der Waals surface area contributed by atoms with Crippen molar-refractivity contribution in [2.24, 2.45) is 11.8 Å². The Balaban J connectivity index is 2.07. The topological polar surface area (TPSA) is 20.2 Å². The van der Waals surface area contributed by atoms with Crippen LogP contribution < -0.4 is 0 Å². The Bertz CT molecular complexity index is 291. The number of allylic oxidation sites excluding steroid dienone is 1. The van der Waals surface area contributed by atoms with Gasteiger partial charge in [0.15, 0.2) is 0 Å². The Morgan fingerprint density at radius 3 is 2.62 bits per heavy atom. The first-order chi connectivity index (χ1) is 6.33. The molecule has 13 heavy (non-hydrogen) atoms. The van der Waals surface area contributed by atoms with E-state index in [2.05, 4.69) is 6.58 Å². The second-order valence-electron chi connectivity index (χ2n) is 3.65. The van der Waals surface area contributed by atoms with Crippen molar-refractivity contribution in [3.63, 3.8) is 0 Å². The van der Waals surface area contributed by atoms with Crippen molar-refractivity contribution in [1.29, 1.82) is 0 Å². The average Bonchev–Trinajstić information content (AvgIpc) is 2.97. The molecular formula is C12H14O. The summed E-state index contributed by atoms with van der Waals surface area (Å²) < 4.78 is 0. The fourth-order valence-electron chi connectivity index (χ4n) is 1.77. The summed E-state index contributed by atoms with van der Waals surface area (Å²) in [7, 11) is 0. The number of rotatable bonds is 3. The molecule has 3 unspecified atom stereocenters. The van der Waals surface area contributed by atoms with E-state index in [0.29, 0.717) is 11.8 Å². The van der Waals surface area contributed by atoms with Crippen LogP contribution in [0.3, 0.4) is 0 Å².